The normalized spacial score (nSPS) is 11.4. The van der Waals surface area contributed by atoms with Gasteiger partial charge >= 0.3 is 13.3 Å². The highest BCUT2D eigenvalue weighted by Gasteiger charge is 2.27. The molecule has 3 nitrogen and oxygen atoms in total. The third-order valence-electron chi connectivity index (χ3n) is 1.90. The van der Waals surface area contributed by atoms with Crippen molar-refractivity contribution >= 4 is 12.6 Å². The summed E-state index contributed by atoms with van der Waals surface area (Å²) in [5.74, 6) is -1.05. The molecule has 0 atom stereocenters. The molecule has 2 N–H and O–H groups in total. The maximum absolute atomic E-state index is 13.1. The predicted molar refractivity (Wildman–Crippen MR) is 52.4 cm³/mol. The number of rotatable bonds is 4. The molecule has 0 aliphatic carbocycles. The second-order valence-corrected chi connectivity index (χ2v) is 3.27. The van der Waals surface area contributed by atoms with Crippen LogP contribution in [0.4, 0.5) is 17.6 Å². The van der Waals surface area contributed by atoms with E-state index in [1.807, 2.05) is 0 Å². The maximum atomic E-state index is 13.1. The van der Waals surface area contributed by atoms with Crippen molar-refractivity contribution in [1.82, 2.24) is 0 Å². The van der Waals surface area contributed by atoms with Gasteiger partial charge < -0.3 is 14.8 Å². The lowest BCUT2D eigenvalue weighted by molar-refractivity contribution is -0.139. The zero-order valence-electron chi connectivity index (χ0n) is 8.54. The summed E-state index contributed by atoms with van der Waals surface area (Å²) in [5, 5.41) is 17.4. The highest BCUT2D eigenvalue weighted by molar-refractivity contribution is 6.58. The SMILES string of the molecule is OB(O)c1ccc(OCCC(F)(F)F)cc1F. The summed E-state index contributed by atoms with van der Waals surface area (Å²) in [5.41, 5.74) is -0.367. The number of halogens is 4. The summed E-state index contributed by atoms with van der Waals surface area (Å²) >= 11 is 0. The molecule has 1 aromatic rings. The van der Waals surface area contributed by atoms with Gasteiger partial charge in [-0.3, -0.25) is 0 Å². The number of benzene rings is 1. The summed E-state index contributed by atoms with van der Waals surface area (Å²) in [6.45, 7) is -0.621. The molecule has 0 fully saturated rings. The molecule has 0 radical (unpaired) electrons. The molecule has 0 unspecified atom stereocenters. The Kier molecular flexibility index (Phi) is 4.36. The quantitative estimate of drug-likeness (QED) is 0.616. The molecular weight excluding hydrogens is 243 g/mol. The minimum Gasteiger partial charge on any atom is -0.493 e. The number of ether oxygens (including phenoxy) is 1. The molecule has 0 aliphatic rings. The number of hydrogen-bond acceptors (Lipinski definition) is 3. The molecule has 0 spiro atoms. The molecule has 17 heavy (non-hydrogen) atoms. The van der Waals surface area contributed by atoms with Gasteiger partial charge in [0.15, 0.2) is 0 Å². The Bertz CT molecular complexity index is 381. The fraction of sp³-hybridized carbons (Fsp3) is 0.333. The monoisotopic (exact) mass is 252 g/mol. The van der Waals surface area contributed by atoms with Gasteiger partial charge in [-0.15, -0.1) is 0 Å². The average molecular weight is 252 g/mol. The summed E-state index contributed by atoms with van der Waals surface area (Å²) in [6.07, 6.45) is -5.47. The molecule has 0 aromatic heterocycles. The first-order chi connectivity index (χ1) is 7.79. The van der Waals surface area contributed by atoms with Crippen molar-refractivity contribution < 1.29 is 32.3 Å². The first-order valence-corrected chi connectivity index (χ1v) is 4.65. The van der Waals surface area contributed by atoms with Crippen molar-refractivity contribution in [1.29, 1.82) is 0 Å². The molecular formula is C9H9BF4O3. The van der Waals surface area contributed by atoms with Gasteiger partial charge in [0, 0.05) is 11.5 Å². The van der Waals surface area contributed by atoms with Gasteiger partial charge in [-0.05, 0) is 6.07 Å². The van der Waals surface area contributed by atoms with E-state index < -0.39 is 32.1 Å². The van der Waals surface area contributed by atoms with E-state index >= 15 is 0 Å². The zero-order valence-corrected chi connectivity index (χ0v) is 8.54. The average Bonchev–Trinajstić information content (AvgIpc) is 2.15. The van der Waals surface area contributed by atoms with Gasteiger partial charge in [0.25, 0.3) is 0 Å². The van der Waals surface area contributed by atoms with Crippen molar-refractivity contribution in [3.05, 3.63) is 24.0 Å². The van der Waals surface area contributed by atoms with Crippen molar-refractivity contribution in [3.63, 3.8) is 0 Å². The second-order valence-electron chi connectivity index (χ2n) is 3.27. The molecule has 1 rings (SSSR count). The van der Waals surface area contributed by atoms with Gasteiger partial charge in [0.05, 0.1) is 13.0 Å². The number of hydrogen-bond donors (Lipinski definition) is 2. The van der Waals surface area contributed by atoms with Crippen molar-refractivity contribution in [3.8, 4) is 5.75 Å². The van der Waals surface area contributed by atoms with E-state index in [0.717, 1.165) is 18.2 Å². The standard InChI is InChI=1S/C9H9BF4O3/c11-8-5-6(1-2-7(8)10(15)16)17-4-3-9(12,13)14/h1-2,5,15-16H,3-4H2. The summed E-state index contributed by atoms with van der Waals surface area (Å²) in [7, 11) is -1.97. The highest BCUT2D eigenvalue weighted by Crippen LogP contribution is 2.20. The Morgan fingerprint density at radius 1 is 1.24 bits per heavy atom. The van der Waals surface area contributed by atoms with Crippen molar-refractivity contribution in [2.24, 2.45) is 0 Å². The van der Waals surface area contributed by atoms with Gasteiger partial charge in [-0.25, -0.2) is 4.39 Å². The first-order valence-electron chi connectivity index (χ1n) is 4.65. The van der Waals surface area contributed by atoms with Crippen LogP contribution >= 0.6 is 0 Å². The summed E-state index contributed by atoms with van der Waals surface area (Å²) in [4.78, 5) is 0. The first kappa shape index (κ1) is 13.8. The van der Waals surface area contributed by atoms with Gasteiger partial charge in [0.1, 0.15) is 11.6 Å². The minimum absolute atomic E-state index is 0.101. The fourth-order valence-electron chi connectivity index (χ4n) is 1.09. The van der Waals surface area contributed by atoms with Crippen LogP contribution in [0.5, 0.6) is 5.75 Å². The largest absolute Gasteiger partial charge is 0.493 e. The van der Waals surface area contributed by atoms with E-state index in [1.165, 1.54) is 0 Å². The van der Waals surface area contributed by atoms with Gasteiger partial charge in [-0.2, -0.15) is 13.2 Å². The lowest BCUT2D eigenvalue weighted by Crippen LogP contribution is -2.32. The van der Waals surface area contributed by atoms with Crippen molar-refractivity contribution in [2.75, 3.05) is 6.61 Å². The third kappa shape index (κ3) is 4.62. The van der Waals surface area contributed by atoms with Crippen LogP contribution in [0.3, 0.4) is 0 Å². The molecule has 0 bridgehead atoms. The van der Waals surface area contributed by atoms with E-state index in [4.69, 9.17) is 10.0 Å². The van der Waals surface area contributed by atoms with Crippen LogP contribution in [0, 0.1) is 5.82 Å². The molecule has 0 amide bonds. The molecule has 0 heterocycles. The van der Waals surface area contributed by atoms with Crippen LogP contribution in [-0.4, -0.2) is 29.9 Å². The van der Waals surface area contributed by atoms with Crippen LogP contribution in [0.2, 0.25) is 0 Å². The van der Waals surface area contributed by atoms with E-state index in [-0.39, 0.29) is 11.2 Å². The van der Waals surface area contributed by atoms with Crippen LogP contribution in [0.15, 0.2) is 18.2 Å². The number of alkyl halides is 3. The minimum atomic E-state index is -4.33. The predicted octanol–water partition coefficient (Wildman–Crippen LogP) is 0.837. The summed E-state index contributed by atoms with van der Waals surface area (Å²) < 4.78 is 53.2. The van der Waals surface area contributed by atoms with Crippen LogP contribution in [0.25, 0.3) is 0 Å². The molecule has 8 heteroatoms. The molecule has 94 valence electrons. The Morgan fingerprint density at radius 2 is 1.88 bits per heavy atom. The fourth-order valence-corrected chi connectivity index (χ4v) is 1.09. The highest BCUT2D eigenvalue weighted by atomic mass is 19.4. The molecule has 0 saturated heterocycles. The second kappa shape index (κ2) is 5.37. The Balaban J connectivity index is 2.59. The zero-order chi connectivity index (χ0) is 13.1. The topological polar surface area (TPSA) is 49.7 Å². The Labute approximate surface area is 94.8 Å². The van der Waals surface area contributed by atoms with Crippen molar-refractivity contribution in [2.45, 2.75) is 12.6 Å². The van der Waals surface area contributed by atoms with E-state index in [1.54, 1.807) is 0 Å². The van der Waals surface area contributed by atoms with E-state index in [2.05, 4.69) is 4.74 Å². The Morgan fingerprint density at radius 3 is 2.35 bits per heavy atom. The lowest BCUT2D eigenvalue weighted by Gasteiger charge is -2.09. The smallest absolute Gasteiger partial charge is 0.491 e. The van der Waals surface area contributed by atoms with Crippen LogP contribution in [0.1, 0.15) is 6.42 Å². The van der Waals surface area contributed by atoms with E-state index in [0.29, 0.717) is 0 Å². The molecule has 0 saturated carbocycles. The lowest BCUT2D eigenvalue weighted by atomic mass is 9.80. The van der Waals surface area contributed by atoms with E-state index in [9.17, 15) is 17.6 Å². The third-order valence-corrected chi connectivity index (χ3v) is 1.90. The van der Waals surface area contributed by atoms with Gasteiger partial charge in [-0.1, -0.05) is 6.07 Å². The van der Waals surface area contributed by atoms with Crippen LogP contribution in [-0.2, 0) is 0 Å². The summed E-state index contributed by atoms with van der Waals surface area (Å²) in [6, 6.07) is 2.99. The maximum Gasteiger partial charge on any atom is 0.491 e. The molecule has 1 aromatic carbocycles. The van der Waals surface area contributed by atoms with Crippen LogP contribution < -0.4 is 10.2 Å². The Hall–Kier alpha value is -1.28. The molecule has 0 aliphatic heterocycles. The van der Waals surface area contributed by atoms with Gasteiger partial charge in [0.2, 0.25) is 0 Å².